The number of carbonyl (C=O) groups is 2. The van der Waals surface area contributed by atoms with Crippen molar-refractivity contribution < 1.29 is 19.1 Å². The quantitative estimate of drug-likeness (QED) is 0.356. The third-order valence-electron chi connectivity index (χ3n) is 5.32. The Labute approximate surface area is 196 Å². The van der Waals surface area contributed by atoms with E-state index in [2.05, 4.69) is 12.2 Å². The van der Waals surface area contributed by atoms with Gasteiger partial charge in [0.15, 0.2) is 0 Å². The average molecular weight is 451 g/mol. The number of hydrogen-bond acceptors (Lipinski definition) is 5. The van der Waals surface area contributed by atoms with E-state index in [9.17, 15) is 9.59 Å². The van der Waals surface area contributed by atoms with Crippen molar-refractivity contribution >= 4 is 23.1 Å². The van der Waals surface area contributed by atoms with Gasteiger partial charge < -0.3 is 14.8 Å². The number of benzene rings is 2. The lowest BCUT2D eigenvalue weighted by Crippen LogP contribution is -2.34. The molecule has 2 amide bonds. The van der Waals surface area contributed by atoms with E-state index in [1.807, 2.05) is 69.3 Å². The van der Waals surface area contributed by atoms with E-state index in [4.69, 9.17) is 9.47 Å². The Morgan fingerprint density at radius 1 is 0.909 bits per heavy atom. The molecule has 2 aromatic carbocycles. The van der Waals surface area contributed by atoms with E-state index in [0.717, 1.165) is 35.4 Å². The molecule has 176 valence electrons. The number of nitrogens with one attached hydrogen (secondary N) is 1. The van der Waals surface area contributed by atoms with Crippen LogP contribution in [0.15, 0.2) is 54.2 Å². The largest absolute Gasteiger partial charge is 0.491 e. The van der Waals surface area contributed by atoms with Gasteiger partial charge in [-0.25, -0.2) is 0 Å². The first-order valence-electron chi connectivity index (χ1n) is 11.7. The van der Waals surface area contributed by atoms with Crippen molar-refractivity contribution in [3.05, 3.63) is 65.4 Å². The number of ether oxygens (including phenoxy) is 2. The number of anilines is 1. The minimum absolute atomic E-state index is 0.0770. The van der Waals surface area contributed by atoms with Gasteiger partial charge in [0, 0.05) is 25.4 Å². The van der Waals surface area contributed by atoms with E-state index in [1.165, 1.54) is 4.90 Å². The van der Waals surface area contributed by atoms with Crippen molar-refractivity contribution in [3.63, 3.8) is 0 Å². The van der Waals surface area contributed by atoms with Gasteiger partial charge in [-0.1, -0.05) is 43.2 Å². The van der Waals surface area contributed by atoms with Crippen molar-refractivity contribution in [2.45, 2.75) is 53.1 Å². The SMILES string of the molecule is CCCCOCCCN1C(=O)C(Nc2ccc(OC(C)C)cc2)=C(c2ccc(C)cc2)C1=O. The van der Waals surface area contributed by atoms with Crippen molar-refractivity contribution in [2.75, 3.05) is 25.1 Å². The summed E-state index contributed by atoms with van der Waals surface area (Å²) >= 11 is 0. The lowest BCUT2D eigenvalue weighted by Gasteiger charge is -2.15. The molecule has 1 N–H and O–H groups in total. The van der Waals surface area contributed by atoms with Crippen LogP contribution in [0, 0.1) is 6.92 Å². The van der Waals surface area contributed by atoms with Crippen LogP contribution in [0.1, 0.15) is 51.2 Å². The third kappa shape index (κ3) is 6.45. The number of unbranched alkanes of at least 4 members (excludes halogenated alkanes) is 1. The third-order valence-corrected chi connectivity index (χ3v) is 5.32. The molecule has 1 aliphatic rings. The molecule has 2 aromatic rings. The summed E-state index contributed by atoms with van der Waals surface area (Å²) in [5.41, 5.74) is 3.23. The van der Waals surface area contributed by atoms with Crippen molar-refractivity contribution in [3.8, 4) is 5.75 Å². The van der Waals surface area contributed by atoms with E-state index in [1.54, 1.807) is 0 Å². The molecule has 0 radical (unpaired) electrons. The molecule has 6 heteroatoms. The van der Waals surface area contributed by atoms with E-state index in [0.29, 0.717) is 37.4 Å². The molecule has 0 unspecified atom stereocenters. The fourth-order valence-corrected chi connectivity index (χ4v) is 3.59. The number of rotatable bonds is 12. The Balaban J connectivity index is 1.80. The predicted molar refractivity (Wildman–Crippen MR) is 131 cm³/mol. The molecule has 0 spiro atoms. The average Bonchev–Trinajstić information content (AvgIpc) is 3.01. The van der Waals surface area contributed by atoms with Gasteiger partial charge in [0.05, 0.1) is 11.7 Å². The summed E-state index contributed by atoms with van der Waals surface area (Å²) < 4.78 is 11.3. The first-order chi connectivity index (χ1) is 15.9. The lowest BCUT2D eigenvalue weighted by atomic mass is 10.0. The fourth-order valence-electron chi connectivity index (χ4n) is 3.59. The Kier molecular flexibility index (Phi) is 8.66. The molecule has 3 rings (SSSR count). The van der Waals surface area contributed by atoms with Gasteiger partial charge in [-0.05, 0) is 63.4 Å². The molecule has 0 aromatic heterocycles. The van der Waals surface area contributed by atoms with Crippen molar-refractivity contribution in [2.24, 2.45) is 0 Å². The Morgan fingerprint density at radius 3 is 2.21 bits per heavy atom. The zero-order chi connectivity index (χ0) is 23.8. The summed E-state index contributed by atoms with van der Waals surface area (Å²) in [6, 6.07) is 15.0. The van der Waals surface area contributed by atoms with Gasteiger partial charge in [-0.2, -0.15) is 0 Å². The van der Waals surface area contributed by atoms with Gasteiger partial charge in [0.2, 0.25) is 0 Å². The maximum atomic E-state index is 13.3. The normalized spacial score (nSPS) is 13.9. The summed E-state index contributed by atoms with van der Waals surface area (Å²) in [6.07, 6.45) is 2.77. The first kappa shape index (κ1) is 24.5. The van der Waals surface area contributed by atoms with Crippen LogP contribution >= 0.6 is 0 Å². The Morgan fingerprint density at radius 2 is 1.58 bits per heavy atom. The predicted octanol–water partition coefficient (Wildman–Crippen LogP) is 5.18. The topological polar surface area (TPSA) is 67.9 Å². The van der Waals surface area contributed by atoms with Gasteiger partial charge in [-0.3, -0.25) is 14.5 Å². The minimum Gasteiger partial charge on any atom is -0.491 e. The Bertz CT molecular complexity index is 978. The molecule has 0 aliphatic carbocycles. The van der Waals surface area contributed by atoms with E-state index in [-0.39, 0.29) is 17.9 Å². The van der Waals surface area contributed by atoms with Crippen LogP contribution in [0.4, 0.5) is 5.69 Å². The molecule has 1 heterocycles. The fraction of sp³-hybridized carbons (Fsp3) is 0.407. The summed E-state index contributed by atoms with van der Waals surface area (Å²) in [6.45, 7) is 9.60. The molecule has 0 bridgehead atoms. The highest BCUT2D eigenvalue weighted by Gasteiger charge is 2.38. The number of amides is 2. The molecule has 1 aliphatic heterocycles. The van der Waals surface area contributed by atoms with Crippen LogP contribution in [-0.4, -0.2) is 42.6 Å². The second kappa shape index (κ2) is 11.7. The molecular weight excluding hydrogens is 416 g/mol. The molecule has 6 nitrogen and oxygen atoms in total. The summed E-state index contributed by atoms with van der Waals surface area (Å²) in [5.74, 6) is 0.160. The number of hydrogen-bond donors (Lipinski definition) is 1. The van der Waals surface area contributed by atoms with Crippen LogP contribution < -0.4 is 10.1 Å². The van der Waals surface area contributed by atoms with Crippen molar-refractivity contribution in [1.29, 1.82) is 0 Å². The van der Waals surface area contributed by atoms with Gasteiger partial charge >= 0.3 is 0 Å². The smallest absolute Gasteiger partial charge is 0.278 e. The summed E-state index contributed by atoms with van der Waals surface area (Å²) in [5, 5.41) is 3.19. The van der Waals surface area contributed by atoms with Crippen LogP contribution in [-0.2, 0) is 14.3 Å². The molecular formula is C27H34N2O4. The highest BCUT2D eigenvalue weighted by molar-refractivity contribution is 6.36. The lowest BCUT2D eigenvalue weighted by molar-refractivity contribution is -0.137. The molecule has 0 saturated heterocycles. The number of nitrogens with zero attached hydrogens (tertiary/aromatic N) is 1. The van der Waals surface area contributed by atoms with Crippen molar-refractivity contribution in [1.82, 2.24) is 4.90 Å². The summed E-state index contributed by atoms with van der Waals surface area (Å²) in [7, 11) is 0. The minimum atomic E-state index is -0.313. The van der Waals surface area contributed by atoms with Gasteiger partial charge in [-0.15, -0.1) is 0 Å². The first-order valence-corrected chi connectivity index (χ1v) is 11.7. The number of imide groups is 1. The highest BCUT2D eigenvalue weighted by Crippen LogP contribution is 2.31. The zero-order valence-corrected chi connectivity index (χ0v) is 20.0. The zero-order valence-electron chi connectivity index (χ0n) is 20.0. The summed E-state index contributed by atoms with van der Waals surface area (Å²) in [4.78, 5) is 27.9. The van der Waals surface area contributed by atoms with E-state index < -0.39 is 0 Å². The molecule has 0 saturated carbocycles. The van der Waals surface area contributed by atoms with Gasteiger partial charge in [0.1, 0.15) is 11.4 Å². The van der Waals surface area contributed by atoms with Crippen LogP contribution in [0.5, 0.6) is 5.75 Å². The monoisotopic (exact) mass is 450 g/mol. The van der Waals surface area contributed by atoms with Crippen LogP contribution in [0.3, 0.4) is 0 Å². The van der Waals surface area contributed by atoms with Crippen LogP contribution in [0.25, 0.3) is 5.57 Å². The standard InChI is InChI=1S/C27H34N2O4/c1-5-6-17-32-18-7-16-29-26(30)24(21-10-8-20(4)9-11-21)25(27(29)31)28-22-12-14-23(15-13-22)33-19(2)3/h8-15,19,28H,5-7,16-18H2,1-4H3. The highest BCUT2D eigenvalue weighted by atomic mass is 16.5. The Hall–Kier alpha value is -3.12. The maximum absolute atomic E-state index is 13.3. The molecule has 0 fully saturated rings. The second-order valence-electron chi connectivity index (χ2n) is 8.51. The molecule has 33 heavy (non-hydrogen) atoms. The number of aryl methyl sites for hydroxylation is 1. The van der Waals surface area contributed by atoms with Gasteiger partial charge in [0.25, 0.3) is 11.8 Å². The molecule has 0 atom stereocenters. The maximum Gasteiger partial charge on any atom is 0.278 e. The number of carbonyl (C=O) groups excluding carboxylic acids is 2. The second-order valence-corrected chi connectivity index (χ2v) is 8.51. The van der Waals surface area contributed by atoms with Crippen LogP contribution in [0.2, 0.25) is 0 Å². The van der Waals surface area contributed by atoms with E-state index >= 15 is 0 Å².